The van der Waals surface area contributed by atoms with E-state index in [2.05, 4.69) is 46.0 Å². The van der Waals surface area contributed by atoms with E-state index in [1.165, 1.54) is 70.6 Å². The Hall–Kier alpha value is -0.640. The van der Waals surface area contributed by atoms with Crippen molar-refractivity contribution in [2.24, 2.45) is 17.8 Å². The molecule has 3 rings (SSSR count). The Morgan fingerprint density at radius 1 is 0.931 bits per heavy atom. The number of halogens is 1. The Kier molecular flexibility index (Phi) is 9.75. The molecular formula is C25H41BrN2O. The molecule has 1 unspecified atom stereocenters. The van der Waals surface area contributed by atoms with Crippen molar-refractivity contribution >= 4 is 15.9 Å². The minimum absolute atomic E-state index is 0.585. The number of hydrogen-bond donors (Lipinski definition) is 0. The standard InChI is InChI=1S/C25H41BrN2O/c1-3-5-17-29-25-16-15-24(27-28-25)22-13-9-20(10-14-22)18-23(26)21-11-7-19(6-4-2)8-12-21/h15-16,19-23H,3-14,17-18H2,1-2H3/t19-,20-,21-,22-,23?. The maximum absolute atomic E-state index is 5.65. The Bertz CT molecular complexity index is 563. The first-order valence-electron chi connectivity index (χ1n) is 12.3. The second-order valence-electron chi connectivity index (χ2n) is 9.54. The maximum atomic E-state index is 5.65. The number of unbranched alkanes of at least 4 members (excludes halogenated alkanes) is 1. The molecule has 2 aliphatic rings. The molecule has 0 spiro atoms. The predicted molar refractivity (Wildman–Crippen MR) is 125 cm³/mol. The van der Waals surface area contributed by atoms with Crippen LogP contribution in [0.4, 0.5) is 0 Å². The van der Waals surface area contributed by atoms with E-state index in [0.717, 1.165) is 47.7 Å². The average Bonchev–Trinajstić information content (AvgIpc) is 2.76. The summed E-state index contributed by atoms with van der Waals surface area (Å²) in [7, 11) is 0. The molecule has 2 saturated carbocycles. The van der Waals surface area contributed by atoms with Crippen molar-refractivity contribution in [2.75, 3.05) is 6.61 Å². The molecule has 0 bridgehead atoms. The molecule has 0 aliphatic heterocycles. The van der Waals surface area contributed by atoms with Gasteiger partial charge in [0.25, 0.3) is 0 Å². The molecule has 0 saturated heterocycles. The third-order valence-corrected chi connectivity index (χ3v) is 8.45. The fraction of sp³-hybridized carbons (Fsp3) is 0.840. The molecule has 3 nitrogen and oxygen atoms in total. The summed E-state index contributed by atoms with van der Waals surface area (Å²) in [6.07, 6.45) is 17.4. The molecule has 1 aromatic heterocycles. The lowest BCUT2D eigenvalue weighted by Gasteiger charge is -2.34. The Morgan fingerprint density at radius 3 is 2.28 bits per heavy atom. The van der Waals surface area contributed by atoms with Gasteiger partial charge in [0.1, 0.15) is 0 Å². The lowest BCUT2D eigenvalue weighted by Crippen LogP contribution is -2.25. The Morgan fingerprint density at radius 2 is 1.66 bits per heavy atom. The molecule has 29 heavy (non-hydrogen) atoms. The summed E-state index contributed by atoms with van der Waals surface area (Å²) in [4.78, 5) is 0.728. The zero-order valence-corrected chi connectivity index (χ0v) is 20.2. The summed E-state index contributed by atoms with van der Waals surface area (Å²) in [5.74, 6) is 4.06. The van der Waals surface area contributed by atoms with E-state index in [4.69, 9.17) is 4.74 Å². The quantitative estimate of drug-likeness (QED) is 0.262. The number of aromatic nitrogens is 2. The Labute approximate surface area is 186 Å². The summed E-state index contributed by atoms with van der Waals surface area (Å²) >= 11 is 4.09. The van der Waals surface area contributed by atoms with Crippen LogP contribution < -0.4 is 4.74 Å². The van der Waals surface area contributed by atoms with Crippen LogP contribution in [0.2, 0.25) is 0 Å². The van der Waals surface area contributed by atoms with E-state index >= 15 is 0 Å². The minimum Gasteiger partial charge on any atom is -0.477 e. The predicted octanol–water partition coefficient (Wildman–Crippen LogP) is 7.69. The molecule has 1 aromatic rings. The van der Waals surface area contributed by atoms with Gasteiger partial charge in [-0.2, -0.15) is 5.10 Å². The highest BCUT2D eigenvalue weighted by atomic mass is 79.9. The lowest BCUT2D eigenvalue weighted by molar-refractivity contribution is 0.231. The van der Waals surface area contributed by atoms with Crippen molar-refractivity contribution in [3.05, 3.63) is 17.8 Å². The molecule has 1 heterocycles. The van der Waals surface area contributed by atoms with Gasteiger partial charge in [-0.25, -0.2) is 0 Å². The van der Waals surface area contributed by atoms with Crippen LogP contribution in [0.5, 0.6) is 5.88 Å². The molecular weight excluding hydrogens is 424 g/mol. The van der Waals surface area contributed by atoms with E-state index in [9.17, 15) is 0 Å². The van der Waals surface area contributed by atoms with Gasteiger partial charge in [0, 0.05) is 16.8 Å². The average molecular weight is 466 g/mol. The van der Waals surface area contributed by atoms with Crippen molar-refractivity contribution in [3.63, 3.8) is 0 Å². The zero-order valence-electron chi connectivity index (χ0n) is 18.6. The molecule has 0 N–H and O–H groups in total. The maximum Gasteiger partial charge on any atom is 0.233 e. The monoisotopic (exact) mass is 464 g/mol. The first kappa shape index (κ1) is 23.0. The lowest BCUT2D eigenvalue weighted by atomic mass is 9.74. The van der Waals surface area contributed by atoms with Gasteiger partial charge in [-0.1, -0.05) is 61.9 Å². The number of nitrogens with zero attached hydrogens (tertiary/aromatic N) is 2. The first-order chi connectivity index (χ1) is 14.2. The molecule has 2 fully saturated rings. The molecule has 0 amide bonds. The van der Waals surface area contributed by atoms with Gasteiger partial charge < -0.3 is 4.74 Å². The van der Waals surface area contributed by atoms with E-state index < -0.39 is 0 Å². The van der Waals surface area contributed by atoms with E-state index in [-0.39, 0.29) is 0 Å². The second kappa shape index (κ2) is 12.3. The van der Waals surface area contributed by atoms with Crippen molar-refractivity contribution in [1.29, 1.82) is 0 Å². The van der Waals surface area contributed by atoms with Gasteiger partial charge in [0.05, 0.1) is 12.3 Å². The van der Waals surface area contributed by atoms with Gasteiger partial charge >= 0.3 is 0 Å². The summed E-state index contributed by atoms with van der Waals surface area (Å²) in [5, 5.41) is 8.77. The molecule has 0 radical (unpaired) electrons. The van der Waals surface area contributed by atoms with Crippen LogP contribution in [0.25, 0.3) is 0 Å². The normalized spacial score (nSPS) is 28.8. The van der Waals surface area contributed by atoms with Crippen LogP contribution in [0.1, 0.15) is 109 Å². The van der Waals surface area contributed by atoms with Gasteiger partial charge in [0.2, 0.25) is 5.88 Å². The van der Waals surface area contributed by atoms with Crippen LogP contribution >= 0.6 is 15.9 Å². The number of ether oxygens (including phenoxy) is 1. The molecule has 0 aromatic carbocycles. The first-order valence-corrected chi connectivity index (χ1v) is 13.2. The van der Waals surface area contributed by atoms with Gasteiger partial charge in [-0.05, 0) is 75.2 Å². The summed E-state index contributed by atoms with van der Waals surface area (Å²) in [6.45, 7) is 5.24. The van der Waals surface area contributed by atoms with Crippen molar-refractivity contribution in [3.8, 4) is 5.88 Å². The minimum atomic E-state index is 0.585. The SMILES string of the molecule is CCCCOc1ccc([C@H]2CC[C@H](CC(Br)[C@H]3CC[C@H](CCC)CC3)CC2)nn1. The van der Waals surface area contributed by atoms with E-state index in [1.54, 1.807) is 0 Å². The van der Waals surface area contributed by atoms with E-state index in [1.807, 2.05) is 6.07 Å². The molecule has 2 aliphatic carbocycles. The number of rotatable bonds is 10. The summed E-state index contributed by atoms with van der Waals surface area (Å²) in [6, 6.07) is 4.15. The molecule has 1 atom stereocenters. The third-order valence-electron chi connectivity index (χ3n) is 7.33. The fourth-order valence-corrected chi connectivity index (χ4v) is 6.46. The summed E-state index contributed by atoms with van der Waals surface area (Å²) < 4.78 is 5.65. The molecule has 4 heteroatoms. The van der Waals surface area contributed by atoms with Gasteiger partial charge in [-0.15, -0.1) is 5.10 Å². The topological polar surface area (TPSA) is 35.0 Å². The molecule has 164 valence electrons. The highest BCUT2D eigenvalue weighted by Gasteiger charge is 2.30. The van der Waals surface area contributed by atoms with Crippen LogP contribution in [-0.4, -0.2) is 21.6 Å². The van der Waals surface area contributed by atoms with Crippen LogP contribution in [0.15, 0.2) is 12.1 Å². The third kappa shape index (κ3) is 7.22. The van der Waals surface area contributed by atoms with Gasteiger partial charge in [0.15, 0.2) is 0 Å². The highest BCUT2D eigenvalue weighted by molar-refractivity contribution is 9.09. The number of alkyl halides is 1. The zero-order chi connectivity index (χ0) is 20.5. The van der Waals surface area contributed by atoms with Gasteiger partial charge in [-0.3, -0.25) is 0 Å². The van der Waals surface area contributed by atoms with Crippen LogP contribution in [-0.2, 0) is 0 Å². The second-order valence-corrected chi connectivity index (χ2v) is 10.7. The smallest absolute Gasteiger partial charge is 0.233 e. The Balaban J connectivity index is 1.38. The van der Waals surface area contributed by atoms with Crippen LogP contribution in [0.3, 0.4) is 0 Å². The van der Waals surface area contributed by atoms with Crippen LogP contribution in [0, 0.1) is 17.8 Å². The van der Waals surface area contributed by atoms with E-state index in [0.29, 0.717) is 11.8 Å². The summed E-state index contributed by atoms with van der Waals surface area (Å²) in [5.41, 5.74) is 1.16. The number of hydrogen-bond acceptors (Lipinski definition) is 3. The highest BCUT2D eigenvalue weighted by Crippen LogP contribution is 2.42. The van der Waals surface area contributed by atoms with Crippen molar-refractivity contribution < 1.29 is 4.74 Å². The fourth-order valence-electron chi connectivity index (χ4n) is 5.40. The van der Waals surface area contributed by atoms with Crippen molar-refractivity contribution in [1.82, 2.24) is 10.2 Å². The van der Waals surface area contributed by atoms with Crippen molar-refractivity contribution in [2.45, 2.75) is 108 Å². The largest absolute Gasteiger partial charge is 0.477 e.